The molecule has 1 saturated heterocycles. The quantitative estimate of drug-likeness (QED) is 0.657. The molecule has 0 saturated carbocycles. The van der Waals surface area contributed by atoms with Gasteiger partial charge < -0.3 is 9.84 Å². The third kappa shape index (κ3) is 5.74. The summed E-state index contributed by atoms with van der Waals surface area (Å²) in [5, 5.41) is 14.3. The van der Waals surface area contributed by atoms with Crippen molar-refractivity contribution in [2.24, 2.45) is 5.92 Å². The normalized spacial score (nSPS) is 15.3. The van der Waals surface area contributed by atoms with E-state index in [1.807, 2.05) is 35.9 Å². The van der Waals surface area contributed by atoms with Crippen molar-refractivity contribution >= 4 is 23.3 Å². The second-order valence-electron chi connectivity index (χ2n) is 8.16. The summed E-state index contributed by atoms with van der Waals surface area (Å²) in [5.74, 6) is 1.94. The van der Waals surface area contributed by atoms with Gasteiger partial charge in [0, 0.05) is 48.6 Å². The molecule has 0 bridgehead atoms. The van der Waals surface area contributed by atoms with Gasteiger partial charge in [-0.15, -0.1) is 0 Å². The van der Waals surface area contributed by atoms with Gasteiger partial charge in [-0.25, -0.2) is 0 Å². The maximum atomic E-state index is 12.6. The number of hydrogen-bond donors (Lipinski definition) is 1. The Morgan fingerprint density at radius 2 is 2.07 bits per heavy atom. The summed E-state index contributed by atoms with van der Waals surface area (Å²) in [6.45, 7) is 9.96. The molecule has 0 unspecified atom stereocenters. The maximum absolute atomic E-state index is 12.6. The molecule has 1 aliphatic heterocycles. The minimum atomic E-state index is 0.0348. The lowest BCUT2D eigenvalue weighted by atomic mass is 10.2. The fourth-order valence-electron chi connectivity index (χ4n) is 3.46. The van der Waals surface area contributed by atoms with Gasteiger partial charge in [0.15, 0.2) is 5.82 Å². The van der Waals surface area contributed by atoms with Crippen LogP contribution in [0.15, 0.2) is 24.3 Å². The highest BCUT2D eigenvalue weighted by atomic mass is 35.5. The molecule has 1 aromatic heterocycles. The Kier molecular flexibility index (Phi) is 7.75. The second kappa shape index (κ2) is 10.3. The number of halogens is 1. The average molecular weight is 435 g/mol. The number of benzene rings is 1. The monoisotopic (exact) mass is 434 g/mol. The van der Waals surface area contributed by atoms with Gasteiger partial charge in [-0.3, -0.25) is 19.3 Å². The molecule has 3 rings (SSSR count). The number of aliphatic hydroxyl groups excluding tert-OH is 1. The van der Waals surface area contributed by atoms with Crippen LogP contribution in [0.1, 0.15) is 31.5 Å². The SMILES string of the molecule is Cc1cc(N2CCN(CCCO)CC2=O)nn1Cc1cc(Cl)ccc1OCC(C)C. The first kappa shape index (κ1) is 22.6. The molecule has 0 atom stereocenters. The third-order valence-electron chi connectivity index (χ3n) is 5.09. The lowest BCUT2D eigenvalue weighted by molar-refractivity contribution is -0.121. The van der Waals surface area contributed by atoms with Crippen LogP contribution in [0, 0.1) is 12.8 Å². The van der Waals surface area contributed by atoms with Gasteiger partial charge in [0.25, 0.3) is 0 Å². The third-order valence-corrected chi connectivity index (χ3v) is 5.33. The minimum Gasteiger partial charge on any atom is -0.493 e. The first-order valence-electron chi connectivity index (χ1n) is 10.5. The van der Waals surface area contributed by atoms with E-state index in [0.29, 0.717) is 49.4 Å². The Labute approximate surface area is 183 Å². The molecule has 30 heavy (non-hydrogen) atoms. The molecule has 1 aromatic carbocycles. The maximum Gasteiger partial charge on any atom is 0.242 e. The number of aryl methyl sites for hydroxylation is 1. The van der Waals surface area contributed by atoms with Crippen molar-refractivity contribution < 1.29 is 14.6 Å². The van der Waals surface area contributed by atoms with E-state index in [0.717, 1.165) is 30.1 Å². The average Bonchev–Trinajstić information content (AvgIpc) is 3.05. The van der Waals surface area contributed by atoms with E-state index in [2.05, 4.69) is 18.7 Å². The minimum absolute atomic E-state index is 0.0348. The Morgan fingerprint density at radius 3 is 2.77 bits per heavy atom. The number of amides is 1. The number of nitrogens with zero attached hydrogens (tertiary/aromatic N) is 4. The summed E-state index contributed by atoms with van der Waals surface area (Å²) < 4.78 is 7.85. The molecular weight excluding hydrogens is 404 g/mol. The first-order valence-corrected chi connectivity index (χ1v) is 10.8. The lowest BCUT2D eigenvalue weighted by Gasteiger charge is -2.32. The van der Waals surface area contributed by atoms with Crippen LogP contribution in [-0.2, 0) is 11.3 Å². The smallest absolute Gasteiger partial charge is 0.242 e. The van der Waals surface area contributed by atoms with E-state index in [1.165, 1.54) is 0 Å². The summed E-state index contributed by atoms with van der Waals surface area (Å²) in [4.78, 5) is 16.4. The molecule has 164 valence electrons. The molecule has 1 amide bonds. The van der Waals surface area contributed by atoms with Crippen LogP contribution in [-0.4, -0.2) is 65.1 Å². The summed E-state index contributed by atoms with van der Waals surface area (Å²) in [6, 6.07) is 7.58. The summed E-state index contributed by atoms with van der Waals surface area (Å²) in [5.41, 5.74) is 1.93. The Bertz CT molecular complexity index is 868. The fraction of sp³-hybridized carbons (Fsp3) is 0.545. The zero-order valence-corrected chi connectivity index (χ0v) is 18.7. The van der Waals surface area contributed by atoms with Crippen molar-refractivity contribution in [3.8, 4) is 5.75 Å². The molecule has 7 nitrogen and oxygen atoms in total. The van der Waals surface area contributed by atoms with Crippen LogP contribution in [0.25, 0.3) is 0 Å². The number of aliphatic hydroxyl groups is 1. The zero-order valence-electron chi connectivity index (χ0n) is 18.0. The highest BCUT2D eigenvalue weighted by molar-refractivity contribution is 6.30. The number of hydrogen-bond acceptors (Lipinski definition) is 5. The van der Waals surface area contributed by atoms with Gasteiger partial charge >= 0.3 is 0 Å². The molecule has 2 heterocycles. The Hall–Kier alpha value is -2.09. The van der Waals surface area contributed by atoms with Gasteiger partial charge in [-0.1, -0.05) is 25.4 Å². The van der Waals surface area contributed by atoms with Crippen molar-refractivity contribution in [3.63, 3.8) is 0 Å². The number of aromatic nitrogens is 2. The Balaban J connectivity index is 1.73. The first-order chi connectivity index (χ1) is 14.4. The van der Waals surface area contributed by atoms with E-state index in [-0.39, 0.29) is 12.5 Å². The van der Waals surface area contributed by atoms with E-state index >= 15 is 0 Å². The van der Waals surface area contributed by atoms with E-state index in [9.17, 15) is 4.79 Å². The fourth-order valence-corrected chi connectivity index (χ4v) is 3.66. The standard InChI is InChI=1S/C22H31ClN4O3/c1-16(2)15-30-20-6-5-19(23)12-18(20)13-27-17(3)11-21(24-27)26-9-8-25(7-4-10-28)14-22(26)29/h5-6,11-12,16,28H,4,7-10,13-15H2,1-3H3. The van der Waals surface area contributed by atoms with Gasteiger partial charge in [-0.05, 0) is 37.5 Å². The van der Waals surface area contributed by atoms with Crippen LogP contribution < -0.4 is 9.64 Å². The summed E-state index contributed by atoms with van der Waals surface area (Å²) in [6.07, 6.45) is 0.682. The largest absolute Gasteiger partial charge is 0.493 e. The van der Waals surface area contributed by atoms with Gasteiger partial charge in [0.05, 0.1) is 19.7 Å². The Morgan fingerprint density at radius 1 is 1.27 bits per heavy atom. The van der Waals surface area contributed by atoms with Crippen molar-refractivity contribution in [2.75, 3.05) is 44.3 Å². The highest BCUT2D eigenvalue weighted by Crippen LogP contribution is 2.26. The van der Waals surface area contributed by atoms with E-state index < -0.39 is 0 Å². The van der Waals surface area contributed by atoms with Crippen molar-refractivity contribution in [2.45, 2.75) is 33.7 Å². The second-order valence-corrected chi connectivity index (χ2v) is 8.59. The van der Waals surface area contributed by atoms with Gasteiger partial charge in [0.1, 0.15) is 5.75 Å². The molecule has 0 spiro atoms. The number of anilines is 1. The van der Waals surface area contributed by atoms with Crippen molar-refractivity contribution in [1.29, 1.82) is 0 Å². The molecular formula is C22H31ClN4O3. The lowest BCUT2D eigenvalue weighted by Crippen LogP contribution is -2.50. The number of ether oxygens (including phenoxy) is 1. The van der Waals surface area contributed by atoms with Crippen LogP contribution in [0.3, 0.4) is 0 Å². The predicted molar refractivity (Wildman–Crippen MR) is 118 cm³/mol. The number of rotatable bonds is 9. The summed E-state index contributed by atoms with van der Waals surface area (Å²) >= 11 is 6.22. The molecule has 0 aliphatic carbocycles. The van der Waals surface area contributed by atoms with Gasteiger partial charge in [0.2, 0.25) is 5.91 Å². The summed E-state index contributed by atoms with van der Waals surface area (Å²) in [7, 11) is 0. The van der Waals surface area contributed by atoms with E-state index in [4.69, 9.17) is 26.5 Å². The molecule has 1 aliphatic rings. The number of carbonyl (C=O) groups excluding carboxylic acids is 1. The van der Waals surface area contributed by atoms with Gasteiger partial charge in [-0.2, -0.15) is 5.10 Å². The van der Waals surface area contributed by atoms with E-state index in [1.54, 1.807) is 4.90 Å². The molecule has 2 aromatic rings. The number of piperazine rings is 1. The molecule has 0 radical (unpaired) electrons. The van der Waals surface area contributed by atoms with Crippen LogP contribution in [0.4, 0.5) is 5.82 Å². The predicted octanol–water partition coefficient (Wildman–Crippen LogP) is 2.96. The van der Waals surface area contributed by atoms with Crippen LogP contribution in [0.5, 0.6) is 5.75 Å². The number of carbonyl (C=O) groups is 1. The topological polar surface area (TPSA) is 70.8 Å². The zero-order chi connectivity index (χ0) is 21.7. The van der Waals surface area contributed by atoms with Crippen molar-refractivity contribution in [1.82, 2.24) is 14.7 Å². The molecule has 8 heteroatoms. The molecule has 1 fully saturated rings. The highest BCUT2D eigenvalue weighted by Gasteiger charge is 2.26. The van der Waals surface area contributed by atoms with Crippen molar-refractivity contribution in [3.05, 3.63) is 40.5 Å². The van der Waals surface area contributed by atoms with Crippen LogP contribution >= 0.6 is 11.6 Å². The van der Waals surface area contributed by atoms with Crippen LogP contribution in [0.2, 0.25) is 5.02 Å². The molecule has 1 N–H and O–H groups in total.